The van der Waals surface area contributed by atoms with Gasteiger partial charge in [0.15, 0.2) is 18.7 Å². The first-order chi connectivity index (χ1) is 18.3. The molecule has 0 aromatic rings. The summed E-state index contributed by atoms with van der Waals surface area (Å²) in [5.74, 6) is -2.31. The number of rotatable bonds is 6. The van der Waals surface area contributed by atoms with E-state index < -0.39 is 77.1 Å². The molecule has 2 saturated carbocycles. The van der Waals surface area contributed by atoms with Gasteiger partial charge in [-0.1, -0.05) is 27.7 Å². The first-order valence-corrected chi connectivity index (χ1v) is 14.1. The maximum Gasteiger partial charge on any atom is 0.308 e. The van der Waals surface area contributed by atoms with Gasteiger partial charge in [0.25, 0.3) is 0 Å². The van der Waals surface area contributed by atoms with Gasteiger partial charge in [0, 0.05) is 31.6 Å². The Kier molecular flexibility index (Phi) is 7.32. The second-order valence-electron chi connectivity index (χ2n) is 12.8. The Morgan fingerprint density at radius 2 is 1.69 bits per heavy atom. The third-order valence-corrected chi connectivity index (χ3v) is 10.3. The molecule has 3 aliphatic heterocycles. The van der Waals surface area contributed by atoms with Gasteiger partial charge in [-0.15, -0.1) is 0 Å². The quantitative estimate of drug-likeness (QED) is 0.280. The number of fused-ring (bicyclic) bond motifs is 3. The highest BCUT2D eigenvalue weighted by Gasteiger charge is 2.81. The molecule has 3 heterocycles. The van der Waals surface area contributed by atoms with Crippen LogP contribution >= 0.6 is 0 Å². The molecule has 220 valence electrons. The van der Waals surface area contributed by atoms with Gasteiger partial charge in [-0.2, -0.15) is 0 Å². The number of ether oxygens (including phenoxy) is 6. The second kappa shape index (κ2) is 9.94. The summed E-state index contributed by atoms with van der Waals surface area (Å²) in [6, 6.07) is 0. The summed E-state index contributed by atoms with van der Waals surface area (Å²) >= 11 is 0. The second-order valence-corrected chi connectivity index (χ2v) is 12.8. The number of aliphatic hydroxyl groups excluding tert-OH is 2. The highest BCUT2D eigenvalue weighted by molar-refractivity contribution is 5.72. The van der Waals surface area contributed by atoms with Crippen LogP contribution in [0.3, 0.4) is 0 Å². The van der Waals surface area contributed by atoms with Crippen molar-refractivity contribution in [1.82, 2.24) is 0 Å². The Morgan fingerprint density at radius 1 is 1.00 bits per heavy atom. The molecule has 2 N–H and O–H groups in total. The smallest absolute Gasteiger partial charge is 0.308 e. The van der Waals surface area contributed by atoms with E-state index in [1.165, 1.54) is 13.8 Å². The number of carbonyl (C=O) groups is 3. The largest absolute Gasteiger partial charge is 0.465 e. The monoisotopic (exact) mass is 554 g/mol. The van der Waals surface area contributed by atoms with Gasteiger partial charge in [-0.3, -0.25) is 14.4 Å². The molecule has 5 rings (SSSR count). The zero-order chi connectivity index (χ0) is 28.5. The summed E-state index contributed by atoms with van der Waals surface area (Å²) in [5.41, 5.74) is -2.94. The number of hydrogen-bond acceptors (Lipinski definition) is 11. The van der Waals surface area contributed by atoms with E-state index in [1.807, 2.05) is 0 Å². The van der Waals surface area contributed by atoms with Gasteiger partial charge in [-0.05, 0) is 31.1 Å². The molecule has 12 atom stereocenters. The van der Waals surface area contributed by atoms with Crippen LogP contribution in [-0.2, 0) is 42.8 Å². The Hall–Kier alpha value is -1.79. The zero-order valence-electron chi connectivity index (χ0n) is 23.6. The fourth-order valence-electron chi connectivity index (χ4n) is 8.19. The number of carbonyl (C=O) groups excluding carboxylic acids is 3. The predicted molar refractivity (Wildman–Crippen MR) is 132 cm³/mol. The molecule has 5 fully saturated rings. The van der Waals surface area contributed by atoms with Crippen LogP contribution in [0.5, 0.6) is 0 Å². The Morgan fingerprint density at radius 3 is 2.26 bits per heavy atom. The average Bonchev–Trinajstić information content (AvgIpc) is 3.41. The fourth-order valence-corrected chi connectivity index (χ4v) is 8.19. The Bertz CT molecular complexity index is 980. The molecule has 0 aromatic carbocycles. The first-order valence-electron chi connectivity index (χ1n) is 14.1. The van der Waals surface area contributed by atoms with Crippen LogP contribution in [0.25, 0.3) is 0 Å². The van der Waals surface area contributed by atoms with Crippen LogP contribution in [-0.4, -0.2) is 83.9 Å². The molecule has 0 unspecified atom stereocenters. The van der Waals surface area contributed by atoms with Crippen molar-refractivity contribution in [3.8, 4) is 0 Å². The molecule has 39 heavy (non-hydrogen) atoms. The summed E-state index contributed by atoms with van der Waals surface area (Å²) in [6.07, 6.45) is -2.75. The molecule has 1 spiro atoms. The van der Waals surface area contributed by atoms with Crippen molar-refractivity contribution in [3.63, 3.8) is 0 Å². The molecule has 3 saturated heterocycles. The molecule has 0 aromatic heterocycles. The minimum atomic E-state index is -1.22. The van der Waals surface area contributed by atoms with E-state index in [9.17, 15) is 24.6 Å². The number of epoxide rings is 1. The molecular weight excluding hydrogens is 512 g/mol. The Labute approximate surface area is 228 Å². The minimum Gasteiger partial charge on any atom is -0.465 e. The van der Waals surface area contributed by atoms with Crippen molar-refractivity contribution in [1.29, 1.82) is 0 Å². The van der Waals surface area contributed by atoms with Crippen LogP contribution in [0.15, 0.2) is 0 Å². The molecule has 0 bridgehead atoms. The van der Waals surface area contributed by atoms with E-state index in [0.717, 1.165) is 0 Å². The molecule has 5 aliphatic rings. The lowest BCUT2D eigenvalue weighted by atomic mass is 9.41. The highest BCUT2D eigenvalue weighted by atomic mass is 16.7. The number of esters is 3. The van der Waals surface area contributed by atoms with Gasteiger partial charge in [0.2, 0.25) is 0 Å². The van der Waals surface area contributed by atoms with Gasteiger partial charge < -0.3 is 38.6 Å². The van der Waals surface area contributed by atoms with E-state index >= 15 is 0 Å². The lowest BCUT2D eigenvalue weighted by Crippen LogP contribution is -2.74. The van der Waals surface area contributed by atoms with Crippen molar-refractivity contribution < 1.29 is 53.0 Å². The lowest BCUT2D eigenvalue weighted by molar-refractivity contribution is -0.288. The molecular formula is C28H42O11. The van der Waals surface area contributed by atoms with Crippen LogP contribution in [0.1, 0.15) is 67.2 Å². The van der Waals surface area contributed by atoms with Crippen LogP contribution in [0.2, 0.25) is 0 Å². The minimum absolute atomic E-state index is 0.0301. The summed E-state index contributed by atoms with van der Waals surface area (Å²) in [4.78, 5) is 37.4. The summed E-state index contributed by atoms with van der Waals surface area (Å²) in [5, 5.41) is 21.5. The Balaban J connectivity index is 1.62. The zero-order valence-corrected chi connectivity index (χ0v) is 23.6. The van der Waals surface area contributed by atoms with Crippen LogP contribution < -0.4 is 0 Å². The summed E-state index contributed by atoms with van der Waals surface area (Å²) in [7, 11) is 0. The first kappa shape index (κ1) is 28.7. The molecule has 0 amide bonds. The predicted octanol–water partition coefficient (Wildman–Crippen LogP) is 1.70. The van der Waals surface area contributed by atoms with E-state index in [2.05, 4.69) is 13.8 Å². The lowest BCUT2D eigenvalue weighted by Gasteiger charge is -2.65. The normalized spacial score (nSPS) is 48.4. The third kappa shape index (κ3) is 4.39. The molecule has 11 heteroatoms. The average molecular weight is 555 g/mol. The van der Waals surface area contributed by atoms with Gasteiger partial charge in [0.1, 0.15) is 18.3 Å². The van der Waals surface area contributed by atoms with E-state index in [4.69, 9.17) is 28.4 Å². The fraction of sp³-hybridized carbons (Fsp3) is 0.893. The van der Waals surface area contributed by atoms with Crippen molar-refractivity contribution in [3.05, 3.63) is 0 Å². The molecule has 0 radical (unpaired) electrons. The maximum atomic E-state index is 12.8. The van der Waals surface area contributed by atoms with Gasteiger partial charge in [-0.25, -0.2) is 0 Å². The SMILES string of the molecule is CC(=O)OC[C@@]12[C@@H](OC(C)=O)C[C@@H](C)[C@](C)([C@@H]3C[C@H]4C[C@@H](O)O[C@H]4O3)[C@H]1C[C@@H](O)[C@H](OC(=O)C(C)C)[C@]21CO1. The topological polar surface area (TPSA) is 150 Å². The third-order valence-electron chi connectivity index (χ3n) is 10.3. The van der Waals surface area contributed by atoms with Gasteiger partial charge in [0.05, 0.1) is 30.1 Å². The van der Waals surface area contributed by atoms with E-state index in [0.29, 0.717) is 19.3 Å². The van der Waals surface area contributed by atoms with Crippen molar-refractivity contribution in [2.24, 2.45) is 34.5 Å². The standard InChI is InChI=1S/C28H42O11/c1-13(2)24(33)39-23-18(31)10-19-26(6,20-8-17-9-22(32)38-25(17)37-20)14(3)7-21(36-16(5)30)27(19,11-34-15(4)29)28(23)12-35-28/h13-14,17-23,25,31-32H,7-12H2,1-6H3/t14-,17+,18-,19-,20+,21+,22+,23+,25-,26+,27+,28-/m1/s1. The maximum absolute atomic E-state index is 12.8. The van der Waals surface area contributed by atoms with Crippen molar-refractivity contribution >= 4 is 17.9 Å². The van der Waals surface area contributed by atoms with Gasteiger partial charge >= 0.3 is 17.9 Å². The molecule has 2 aliphatic carbocycles. The van der Waals surface area contributed by atoms with Crippen molar-refractivity contribution in [2.75, 3.05) is 13.2 Å². The van der Waals surface area contributed by atoms with Crippen molar-refractivity contribution in [2.45, 2.75) is 110 Å². The number of hydrogen-bond donors (Lipinski definition) is 2. The summed E-state index contributed by atoms with van der Waals surface area (Å²) in [6.45, 7) is 10.3. The number of aliphatic hydroxyl groups is 2. The van der Waals surface area contributed by atoms with E-state index in [-0.39, 0.29) is 37.6 Å². The van der Waals surface area contributed by atoms with E-state index in [1.54, 1.807) is 13.8 Å². The van der Waals surface area contributed by atoms with Crippen LogP contribution in [0, 0.1) is 34.5 Å². The molecule has 11 nitrogen and oxygen atoms in total. The summed E-state index contributed by atoms with van der Waals surface area (Å²) < 4.78 is 35.8. The van der Waals surface area contributed by atoms with Crippen LogP contribution in [0.4, 0.5) is 0 Å². The highest BCUT2D eigenvalue weighted by Crippen LogP contribution is 2.70.